The molecule has 0 radical (unpaired) electrons. The van der Waals surface area contributed by atoms with Crippen LogP contribution in [0.3, 0.4) is 0 Å². The number of phenolic OH excluding ortho intramolecular Hbond substituents is 1. The number of rotatable bonds is 10. The van der Waals surface area contributed by atoms with E-state index in [0.29, 0.717) is 30.6 Å². The lowest BCUT2D eigenvalue weighted by Crippen LogP contribution is -2.42. The zero-order chi connectivity index (χ0) is 31.5. The van der Waals surface area contributed by atoms with Crippen molar-refractivity contribution in [1.82, 2.24) is 4.90 Å². The Morgan fingerprint density at radius 2 is 1.67 bits per heavy atom. The van der Waals surface area contributed by atoms with Crippen molar-refractivity contribution in [3.05, 3.63) is 89.0 Å². The lowest BCUT2D eigenvalue weighted by atomic mass is 9.68. The van der Waals surface area contributed by atoms with Crippen molar-refractivity contribution in [1.29, 1.82) is 0 Å². The molecule has 3 aromatic carbocycles. The van der Waals surface area contributed by atoms with E-state index >= 15 is 0 Å². The largest absolute Gasteiger partial charge is 0.507 e. The van der Waals surface area contributed by atoms with E-state index in [9.17, 15) is 24.9 Å². The molecule has 6 rings (SSSR count). The summed E-state index contributed by atoms with van der Waals surface area (Å²) in [5.74, 6) is -1.29. The third-order valence-corrected chi connectivity index (χ3v) is 10.0. The maximum absolute atomic E-state index is 13.9. The van der Waals surface area contributed by atoms with Crippen molar-refractivity contribution < 1.29 is 29.6 Å². The van der Waals surface area contributed by atoms with E-state index in [1.807, 2.05) is 67.6 Å². The Morgan fingerprint density at radius 1 is 0.956 bits per heavy atom. The van der Waals surface area contributed by atoms with Gasteiger partial charge in [-0.3, -0.25) is 14.5 Å². The molecular formula is C38H43NO6. The fourth-order valence-corrected chi connectivity index (χ4v) is 7.79. The first kappa shape index (κ1) is 31.1. The van der Waals surface area contributed by atoms with Crippen molar-refractivity contribution in [2.24, 2.45) is 17.8 Å². The summed E-state index contributed by atoms with van der Waals surface area (Å²) in [5, 5.41) is 34.5. The highest BCUT2D eigenvalue weighted by Crippen LogP contribution is 2.47. The molecule has 7 heteroatoms. The van der Waals surface area contributed by atoms with Crippen molar-refractivity contribution in [3.63, 3.8) is 0 Å². The highest BCUT2D eigenvalue weighted by atomic mass is 16.5. The van der Waals surface area contributed by atoms with Crippen LogP contribution in [0.4, 0.5) is 0 Å². The Kier molecular flexibility index (Phi) is 9.38. The zero-order valence-corrected chi connectivity index (χ0v) is 25.9. The molecule has 7 nitrogen and oxygen atoms in total. The zero-order valence-electron chi connectivity index (χ0n) is 25.9. The SMILES string of the molecule is C/C(=C\c1ccc(O)c2ccccc12)CC[C@@H](O)C1=C(COc2ccccc2)C[C@H]2C(=O)N(C3CCCCC3)C(=O)[C@H]2[C@H]1CO. The van der Waals surface area contributed by atoms with Crippen molar-refractivity contribution in [2.75, 3.05) is 13.2 Å². The van der Waals surface area contributed by atoms with Crippen LogP contribution in [0.1, 0.15) is 63.9 Å². The van der Waals surface area contributed by atoms with Gasteiger partial charge in [0.25, 0.3) is 0 Å². The fraction of sp³-hybridized carbons (Fsp3) is 0.421. The summed E-state index contributed by atoms with van der Waals surface area (Å²) in [7, 11) is 0. The van der Waals surface area contributed by atoms with Gasteiger partial charge in [0.1, 0.15) is 18.1 Å². The molecule has 2 aliphatic carbocycles. The highest BCUT2D eigenvalue weighted by Gasteiger charge is 2.56. The van der Waals surface area contributed by atoms with Gasteiger partial charge in [-0.25, -0.2) is 0 Å². The number of nitrogens with zero attached hydrogens (tertiary/aromatic N) is 1. The van der Waals surface area contributed by atoms with Gasteiger partial charge in [-0.2, -0.15) is 0 Å². The standard InChI is InChI=1S/C38H43NO6/c1-24(20-25-17-19-33(41)30-15-9-8-14-29(25)30)16-18-34(42)35-26(23-45-28-12-6-3-7-13-28)21-31-36(32(35)22-40)38(44)39(37(31)43)27-10-4-2-5-11-27/h3,6-9,12-15,17,19-20,27,31-32,34,36,40-42H,2,4-5,10-11,16,18,21-23H2,1H3/b24-20+/t31-,32+,34-,36-/m1/s1. The number of benzene rings is 3. The summed E-state index contributed by atoms with van der Waals surface area (Å²) in [6.45, 7) is 1.87. The third kappa shape index (κ3) is 6.29. The number of hydrogen-bond acceptors (Lipinski definition) is 6. The minimum Gasteiger partial charge on any atom is -0.507 e. The molecule has 2 amide bonds. The molecule has 1 saturated heterocycles. The number of aliphatic hydroxyl groups is 2. The normalized spacial score (nSPS) is 23.5. The minimum atomic E-state index is -0.913. The minimum absolute atomic E-state index is 0.0788. The molecule has 0 bridgehead atoms. The topological polar surface area (TPSA) is 107 Å². The number of fused-ring (bicyclic) bond motifs is 2. The summed E-state index contributed by atoms with van der Waals surface area (Å²) in [5.41, 5.74) is 3.48. The van der Waals surface area contributed by atoms with E-state index in [0.717, 1.165) is 59.6 Å². The second-order valence-electron chi connectivity index (χ2n) is 12.9. The monoisotopic (exact) mass is 609 g/mol. The van der Waals surface area contributed by atoms with Crippen LogP contribution in [0.2, 0.25) is 0 Å². The maximum atomic E-state index is 13.9. The van der Waals surface area contributed by atoms with Crippen LogP contribution >= 0.6 is 0 Å². The van der Waals surface area contributed by atoms with Crippen LogP contribution in [0, 0.1) is 17.8 Å². The van der Waals surface area contributed by atoms with Crippen LogP contribution in [0.15, 0.2) is 83.4 Å². The number of imide groups is 1. The average molecular weight is 610 g/mol. The number of phenols is 1. The Hall–Kier alpha value is -3.94. The molecule has 0 spiro atoms. The number of ether oxygens (including phenoxy) is 1. The van der Waals surface area contributed by atoms with Gasteiger partial charge in [0, 0.05) is 17.3 Å². The second-order valence-corrected chi connectivity index (χ2v) is 12.9. The number of amides is 2. The Balaban J connectivity index is 1.27. The summed E-state index contributed by atoms with van der Waals surface area (Å²) in [4.78, 5) is 29.2. The number of hydrogen-bond donors (Lipinski definition) is 3. The Morgan fingerprint density at radius 3 is 2.40 bits per heavy atom. The van der Waals surface area contributed by atoms with Gasteiger partial charge >= 0.3 is 0 Å². The number of carbonyl (C=O) groups excluding carboxylic acids is 2. The smallest absolute Gasteiger partial charge is 0.234 e. The average Bonchev–Trinajstić information content (AvgIpc) is 3.32. The number of carbonyl (C=O) groups is 2. The first-order chi connectivity index (χ1) is 21.9. The summed E-state index contributed by atoms with van der Waals surface area (Å²) in [6, 6.07) is 20.6. The quantitative estimate of drug-likeness (QED) is 0.181. The van der Waals surface area contributed by atoms with Gasteiger partial charge < -0.3 is 20.1 Å². The number of aromatic hydroxyl groups is 1. The van der Waals surface area contributed by atoms with E-state index in [1.54, 1.807) is 6.07 Å². The molecule has 0 unspecified atom stereocenters. The van der Waals surface area contributed by atoms with Crippen LogP contribution in [0.25, 0.3) is 16.8 Å². The molecule has 1 heterocycles. The number of likely N-dealkylation sites (tertiary alicyclic amines) is 1. The first-order valence-electron chi connectivity index (χ1n) is 16.3. The van der Waals surface area contributed by atoms with Gasteiger partial charge in [-0.1, -0.05) is 79.4 Å². The molecule has 4 atom stereocenters. The number of para-hydroxylation sites is 1. The summed E-state index contributed by atoms with van der Waals surface area (Å²) >= 11 is 0. The summed E-state index contributed by atoms with van der Waals surface area (Å²) in [6.07, 6.45) is 7.26. The van der Waals surface area contributed by atoms with Crippen LogP contribution < -0.4 is 4.74 Å². The first-order valence-corrected chi connectivity index (χ1v) is 16.3. The van der Waals surface area contributed by atoms with Gasteiger partial charge in [0.15, 0.2) is 0 Å². The molecule has 1 saturated carbocycles. The molecule has 2 fully saturated rings. The lowest BCUT2D eigenvalue weighted by molar-refractivity contribution is -0.143. The molecule has 3 N–H and O–H groups in total. The van der Waals surface area contributed by atoms with Crippen molar-refractivity contribution in [2.45, 2.75) is 70.4 Å². The summed E-state index contributed by atoms with van der Waals surface area (Å²) < 4.78 is 6.14. The van der Waals surface area contributed by atoms with Gasteiger partial charge in [0.05, 0.1) is 24.5 Å². The van der Waals surface area contributed by atoms with Gasteiger partial charge in [-0.05, 0) is 79.3 Å². The molecule has 236 valence electrons. The van der Waals surface area contributed by atoms with Crippen molar-refractivity contribution >= 4 is 28.7 Å². The lowest BCUT2D eigenvalue weighted by Gasteiger charge is -2.36. The maximum Gasteiger partial charge on any atom is 0.234 e. The highest BCUT2D eigenvalue weighted by molar-refractivity contribution is 6.06. The van der Waals surface area contributed by atoms with E-state index in [2.05, 4.69) is 6.08 Å². The van der Waals surface area contributed by atoms with Crippen molar-refractivity contribution in [3.8, 4) is 11.5 Å². The predicted molar refractivity (Wildman–Crippen MR) is 174 cm³/mol. The van der Waals surface area contributed by atoms with E-state index in [1.165, 1.54) is 4.90 Å². The van der Waals surface area contributed by atoms with Gasteiger partial charge in [0.2, 0.25) is 11.8 Å². The molecule has 3 aromatic rings. The number of allylic oxidation sites excluding steroid dienone is 1. The molecule has 0 aromatic heterocycles. The van der Waals surface area contributed by atoms with E-state index in [-0.39, 0.29) is 36.8 Å². The van der Waals surface area contributed by atoms with Crippen LogP contribution in [-0.4, -0.2) is 57.4 Å². The number of aliphatic hydroxyl groups excluding tert-OH is 2. The van der Waals surface area contributed by atoms with E-state index in [4.69, 9.17) is 4.74 Å². The second kappa shape index (κ2) is 13.6. The Labute approximate surface area is 264 Å². The fourth-order valence-electron chi connectivity index (χ4n) is 7.79. The predicted octanol–water partition coefficient (Wildman–Crippen LogP) is 6.41. The van der Waals surface area contributed by atoms with Crippen LogP contribution in [0.5, 0.6) is 11.5 Å². The molecule has 1 aliphatic heterocycles. The molecule has 45 heavy (non-hydrogen) atoms. The molecular weight excluding hydrogens is 566 g/mol. The van der Waals surface area contributed by atoms with E-state index < -0.39 is 23.9 Å². The Bertz CT molecular complexity index is 1600. The van der Waals surface area contributed by atoms with Gasteiger partial charge in [-0.15, -0.1) is 0 Å². The molecule has 3 aliphatic rings. The third-order valence-electron chi connectivity index (χ3n) is 10.0. The van der Waals surface area contributed by atoms with Crippen LogP contribution in [-0.2, 0) is 9.59 Å².